The minimum atomic E-state index is -0.704. The minimum Gasteiger partial charge on any atom is -0.465 e. The van der Waals surface area contributed by atoms with Gasteiger partial charge in [-0.05, 0) is 23.6 Å². The molecule has 3 rings (SSSR count). The van der Waals surface area contributed by atoms with Crippen LogP contribution in [0.1, 0.15) is 31.1 Å². The van der Waals surface area contributed by atoms with Crippen molar-refractivity contribution in [3.63, 3.8) is 0 Å². The Morgan fingerprint density at radius 3 is 2.42 bits per heavy atom. The van der Waals surface area contributed by atoms with E-state index in [4.69, 9.17) is 0 Å². The molecule has 0 fully saturated rings. The van der Waals surface area contributed by atoms with Crippen molar-refractivity contribution in [1.82, 2.24) is 0 Å². The lowest BCUT2D eigenvalue weighted by atomic mass is 9.94. The van der Waals surface area contributed by atoms with Gasteiger partial charge >= 0.3 is 17.9 Å². The fraction of sp³-hybridized carbons (Fsp3) is 0.0714. The van der Waals surface area contributed by atoms with Crippen molar-refractivity contribution < 1.29 is 23.9 Å². The van der Waals surface area contributed by atoms with E-state index in [0.29, 0.717) is 16.3 Å². The second kappa shape index (κ2) is 3.91. The summed E-state index contributed by atoms with van der Waals surface area (Å²) < 4.78 is 9.32. The summed E-state index contributed by atoms with van der Waals surface area (Å²) in [5.74, 6) is -1.93. The highest BCUT2D eigenvalue weighted by Gasteiger charge is 2.28. The monoisotopic (exact) mass is 256 g/mol. The first-order valence-electron chi connectivity index (χ1n) is 5.54. The number of hydrogen-bond donors (Lipinski definition) is 0. The fourth-order valence-electron chi connectivity index (χ4n) is 2.23. The third kappa shape index (κ3) is 1.52. The maximum atomic E-state index is 11.7. The number of benzene rings is 2. The van der Waals surface area contributed by atoms with E-state index < -0.39 is 17.9 Å². The van der Waals surface area contributed by atoms with Crippen LogP contribution in [0.15, 0.2) is 30.3 Å². The SMILES string of the molecule is COC(=O)c1ccc2c3c(cccc13)C(=O)OC2=O. The van der Waals surface area contributed by atoms with E-state index in [0.717, 1.165) is 0 Å². The number of carbonyl (C=O) groups excluding carboxylic acids is 3. The Balaban J connectivity index is 2.45. The number of rotatable bonds is 1. The average Bonchev–Trinajstić information content (AvgIpc) is 2.43. The van der Waals surface area contributed by atoms with Gasteiger partial charge in [-0.15, -0.1) is 0 Å². The lowest BCUT2D eigenvalue weighted by Crippen LogP contribution is -2.20. The maximum Gasteiger partial charge on any atom is 0.346 e. The molecular weight excluding hydrogens is 248 g/mol. The summed E-state index contributed by atoms with van der Waals surface area (Å²) in [4.78, 5) is 35.0. The van der Waals surface area contributed by atoms with E-state index in [-0.39, 0.29) is 11.1 Å². The first-order valence-corrected chi connectivity index (χ1v) is 5.54. The largest absolute Gasteiger partial charge is 0.465 e. The van der Waals surface area contributed by atoms with Crippen molar-refractivity contribution in [2.45, 2.75) is 0 Å². The molecule has 0 amide bonds. The van der Waals surface area contributed by atoms with Crippen LogP contribution in [0.4, 0.5) is 0 Å². The van der Waals surface area contributed by atoms with Gasteiger partial charge in [-0.25, -0.2) is 14.4 Å². The normalized spacial score (nSPS) is 13.3. The van der Waals surface area contributed by atoms with Gasteiger partial charge in [-0.1, -0.05) is 12.1 Å². The van der Waals surface area contributed by atoms with Gasteiger partial charge in [0.25, 0.3) is 0 Å². The molecule has 0 aliphatic carbocycles. The fourth-order valence-corrected chi connectivity index (χ4v) is 2.23. The van der Waals surface area contributed by atoms with E-state index in [1.54, 1.807) is 18.2 Å². The van der Waals surface area contributed by atoms with Gasteiger partial charge in [0.2, 0.25) is 0 Å². The van der Waals surface area contributed by atoms with Crippen molar-refractivity contribution in [3.05, 3.63) is 47.0 Å². The molecular formula is C14H8O5. The molecule has 5 nitrogen and oxygen atoms in total. The second-order valence-electron chi connectivity index (χ2n) is 4.06. The Morgan fingerprint density at radius 1 is 1.05 bits per heavy atom. The molecule has 1 heterocycles. The zero-order valence-corrected chi connectivity index (χ0v) is 9.93. The molecule has 0 N–H and O–H groups in total. The number of carbonyl (C=O) groups is 3. The van der Waals surface area contributed by atoms with Crippen molar-refractivity contribution in [2.75, 3.05) is 7.11 Å². The van der Waals surface area contributed by atoms with E-state index in [1.807, 2.05) is 0 Å². The molecule has 0 bridgehead atoms. The van der Waals surface area contributed by atoms with Crippen molar-refractivity contribution in [1.29, 1.82) is 0 Å². The van der Waals surface area contributed by atoms with Crippen LogP contribution < -0.4 is 0 Å². The quantitative estimate of drug-likeness (QED) is 0.576. The van der Waals surface area contributed by atoms with Crippen LogP contribution in [0.5, 0.6) is 0 Å². The van der Waals surface area contributed by atoms with E-state index >= 15 is 0 Å². The van der Waals surface area contributed by atoms with Crippen LogP contribution >= 0.6 is 0 Å². The van der Waals surface area contributed by atoms with Crippen LogP contribution in [0.3, 0.4) is 0 Å². The molecule has 0 radical (unpaired) electrons. The maximum absolute atomic E-state index is 11.7. The van der Waals surface area contributed by atoms with Crippen molar-refractivity contribution >= 4 is 28.7 Å². The van der Waals surface area contributed by atoms with Gasteiger partial charge in [0.15, 0.2) is 0 Å². The molecule has 0 saturated carbocycles. The Hall–Kier alpha value is -2.69. The number of ether oxygens (including phenoxy) is 2. The third-order valence-corrected chi connectivity index (χ3v) is 3.07. The second-order valence-corrected chi connectivity index (χ2v) is 4.06. The summed E-state index contributed by atoms with van der Waals surface area (Å²) in [7, 11) is 1.28. The van der Waals surface area contributed by atoms with Crippen LogP contribution in [0.25, 0.3) is 10.8 Å². The number of esters is 3. The predicted molar refractivity (Wildman–Crippen MR) is 65.0 cm³/mol. The Bertz CT molecular complexity index is 725. The summed E-state index contributed by atoms with van der Waals surface area (Å²) in [6, 6.07) is 7.81. The summed E-state index contributed by atoms with van der Waals surface area (Å²) >= 11 is 0. The molecule has 2 aromatic carbocycles. The molecule has 0 atom stereocenters. The van der Waals surface area contributed by atoms with Crippen LogP contribution in [-0.4, -0.2) is 25.0 Å². The standard InChI is InChI=1S/C14H8O5/c1-18-12(15)8-5-6-10-11-7(8)3-2-4-9(11)13(16)19-14(10)17/h2-6H,1H3. The molecule has 0 spiro atoms. The topological polar surface area (TPSA) is 69.7 Å². The highest BCUT2D eigenvalue weighted by Crippen LogP contribution is 2.31. The Kier molecular flexibility index (Phi) is 2.35. The zero-order chi connectivity index (χ0) is 13.6. The lowest BCUT2D eigenvalue weighted by molar-refractivity contribution is 0.0390. The molecule has 1 aliphatic rings. The number of methoxy groups -OCH3 is 1. The molecule has 1 aliphatic heterocycles. The predicted octanol–water partition coefficient (Wildman–Crippen LogP) is 1.94. The summed E-state index contributed by atoms with van der Waals surface area (Å²) in [6.45, 7) is 0. The molecule has 0 saturated heterocycles. The summed E-state index contributed by atoms with van der Waals surface area (Å²) in [5.41, 5.74) is 0.862. The third-order valence-electron chi connectivity index (χ3n) is 3.07. The first kappa shape index (κ1) is 11.4. The highest BCUT2D eigenvalue weighted by molar-refractivity contribution is 6.23. The molecule has 19 heavy (non-hydrogen) atoms. The van der Waals surface area contributed by atoms with Gasteiger partial charge in [0.05, 0.1) is 23.8 Å². The zero-order valence-electron chi connectivity index (χ0n) is 9.93. The Morgan fingerprint density at radius 2 is 1.74 bits per heavy atom. The highest BCUT2D eigenvalue weighted by atomic mass is 16.6. The van der Waals surface area contributed by atoms with E-state index in [9.17, 15) is 14.4 Å². The average molecular weight is 256 g/mol. The van der Waals surface area contributed by atoms with Gasteiger partial charge in [-0.3, -0.25) is 0 Å². The van der Waals surface area contributed by atoms with Gasteiger partial charge in [0.1, 0.15) is 0 Å². The number of cyclic esters (lactones) is 2. The van der Waals surface area contributed by atoms with Crippen molar-refractivity contribution in [3.8, 4) is 0 Å². The molecule has 0 aromatic heterocycles. The summed E-state index contributed by atoms with van der Waals surface area (Å²) in [6.07, 6.45) is 0. The van der Waals surface area contributed by atoms with Gasteiger partial charge < -0.3 is 9.47 Å². The Labute approximate surface area is 107 Å². The van der Waals surface area contributed by atoms with E-state index in [1.165, 1.54) is 19.2 Å². The van der Waals surface area contributed by atoms with E-state index in [2.05, 4.69) is 9.47 Å². The van der Waals surface area contributed by atoms with Crippen LogP contribution in [0, 0.1) is 0 Å². The van der Waals surface area contributed by atoms with Gasteiger partial charge in [0, 0.05) is 5.39 Å². The van der Waals surface area contributed by atoms with Crippen LogP contribution in [-0.2, 0) is 9.47 Å². The van der Waals surface area contributed by atoms with Crippen LogP contribution in [0.2, 0.25) is 0 Å². The molecule has 5 heteroatoms. The minimum absolute atomic E-state index is 0.276. The number of hydrogen-bond acceptors (Lipinski definition) is 5. The summed E-state index contributed by atoms with van der Waals surface area (Å²) in [5, 5.41) is 0.943. The molecule has 2 aromatic rings. The van der Waals surface area contributed by atoms with Gasteiger partial charge in [-0.2, -0.15) is 0 Å². The molecule has 0 unspecified atom stereocenters. The first-order chi connectivity index (χ1) is 9.13. The molecule has 94 valence electrons. The van der Waals surface area contributed by atoms with Crippen molar-refractivity contribution in [2.24, 2.45) is 0 Å². The smallest absolute Gasteiger partial charge is 0.346 e. The lowest BCUT2D eigenvalue weighted by Gasteiger charge is -2.16.